The number of aromatic nitrogens is 4. The van der Waals surface area contributed by atoms with Crippen LogP contribution in [0.2, 0.25) is 0 Å². The Balaban J connectivity index is 1.38. The van der Waals surface area contributed by atoms with Gasteiger partial charge in [0.05, 0.1) is 11.7 Å². The van der Waals surface area contributed by atoms with Crippen molar-refractivity contribution < 1.29 is 12.9 Å². The molecule has 0 spiro atoms. The lowest BCUT2D eigenvalue weighted by atomic mass is 9.80. The molecule has 9 nitrogen and oxygen atoms in total. The summed E-state index contributed by atoms with van der Waals surface area (Å²) in [6, 6.07) is 10.2. The molecule has 1 N–H and O–H groups in total. The van der Waals surface area contributed by atoms with Gasteiger partial charge in [0.15, 0.2) is 10.9 Å². The molecule has 2 aliphatic rings. The van der Waals surface area contributed by atoms with E-state index in [1.807, 2.05) is 25.1 Å². The number of nitrogens with one attached hydrogen (secondary N) is 1. The Bertz CT molecular complexity index is 1170. The van der Waals surface area contributed by atoms with Crippen molar-refractivity contribution in [3.05, 3.63) is 60.1 Å². The zero-order valence-electron chi connectivity index (χ0n) is 17.6. The summed E-state index contributed by atoms with van der Waals surface area (Å²) in [6.07, 6.45) is 4.34. The van der Waals surface area contributed by atoms with E-state index in [-0.39, 0.29) is 22.4 Å². The molecule has 2 fully saturated rings. The molecule has 3 aromatic rings. The lowest BCUT2D eigenvalue weighted by Crippen LogP contribution is -2.38. The predicted octanol–water partition coefficient (Wildman–Crippen LogP) is 1.62. The summed E-state index contributed by atoms with van der Waals surface area (Å²) in [7, 11) is -1.93. The van der Waals surface area contributed by atoms with Gasteiger partial charge < -0.3 is 9.09 Å². The van der Waals surface area contributed by atoms with Gasteiger partial charge in [-0.2, -0.15) is 4.98 Å². The predicted molar refractivity (Wildman–Crippen MR) is 112 cm³/mol. The van der Waals surface area contributed by atoms with Crippen molar-refractivity contribution in [3.8, 4) is 0 Å². The number of aryl methyl sites for hydroxylation is 2. The van der Waals surface area contributed by atoms with Crippen LogP contribution in [0.4, 0.5) is 0 Å². The summed E-state index contributed by atoms with van der Waals surface area (Å²) in [5.41, 5.74) is 0.902. The minimum atomic E-state index is -3.68. The Hall–Kier alpha value is -2.56. The van der Waals surface area contributed by atoms with Gasteiger partial charge in [-0.15, -0.1) is 0 Å². The fraction of sp³-hybridized carbons (Fsp3) is 0.476. The lowest BCUT2D eigenvalue weighted by Gasteiger charge is -2.25. The van der Waals surface area contributed by atoms with Crippen molar-refractivity contribution >= 4 is 10.0 Å². The smallest absolute Gasteiger partial charge is 0.259 e. The molecule has 0 radical (unpaired) electrons. The maximum atomic E-state index is 12.8. The number of fused-ring (bicyclic) bond motifs is 1. The molecule has 3 atom stereocenters. The zero-order chi connectivity index (χ0) is 21.6. The molecule has 1 saturated heterocycles. The average molecular weight is 443 g/mol. The van der Waals surface area contributed by atoms with Crippen molar-refractivity contribution in [2.75, 3.05) is 13.1 Å². The number of imidazole rings is 1. The van der Waals surface area contributed by atoms with E-state index in [1.54, 1.807) is 11.6 Å². The molecule has 1 aromatic carbocycles. The highest BCUT2D eigenvalue weighted by atomic mass is 32.2. The van der Waals surface area contributed by atoms with Gasteiger partial charge in [0.25, 0.3) is 10.0 Å². The molecule has 1 aliphatic carbocycles. The van der Waals surface area contributed by atoms with E-state index in [1.165, 1.54) is 18.1 Å². The minimum absolute atomic E-state index is 0.0421. The number of hydrogen-bond donors (Lipinski definition) is 1. The first kappa shape index (κ1) is 20.3. The molecule has 5 rings (SSSR count). The Morgan fingerprint density at radius 1 is 1.29 bits per heavy atom. The maximum absolute atomic E-state index is 12.8. The van der Waals surface area contributed by atoms with Crippen LogP contribution in [0.15, 0.2) is 52.4 Å². The Morgan fingerprint density at radius 3 is 2.77 bits per heavy atom. The normalized spacial score (nSPS) is 26.4. The molecule has 0 bridgehead atoms. The lowest BCUT2D eigenvalue weighted by molar-refractivity contribution is 0.241. The largest absolute Gasteiger partial charge is 0.339 e. The summed E-state index contributed by atoms with van der Waals surface area (Å²) < 4.78 is 35.8. The first-order valence-corrected chi connectivity index (χ1v) is 11.9. The van der Waals surface area contributed by atoms with E-state index in [4.69, 9.17) is 4.52 Å². The fourth-order valence-electron chi connectivity index (χ4n) is 5.17. The number of rotatable bonds is 6. The zero-order valence-corrected chi connectivity index (χ0v) is 18.4. The van der Waals surface area contributed by atoms with E-state index in [2.05, 4.69) is 36.9 Å². The van der Waals surface area contributed by atoms with Crippen LogP contribution in [-0.4, -0.2) is 52.1 Å². The third-order valence-corrected chi connectivity index (χ3v) is 7.83. The van der Waals surface area contributed by atoms with Crippen molar-refractivity contribution in [2.45, 2.75) is 42.8 Å². The molecule has 164 valence electrons. The Morgan fingerprint density at radius 2 is 2.10 bits per heavy atom. The third-order valence-electron chi connectivity index (χ3n) is 6.43. The van der Waals surface area contributed by atoms with Gasteiger partial charge in [-0.3, -0.25) is 4.90 Å². The molecule has 3 heterocycles. The Labute approximate surface area is 181 Å². The highest BCUT2D eigenvalue weighted by molar-refractivity contribution is 7.89. The SMILES string of the molecule is Cc1noc([C@]23C[C@H](NS(=O)(=O)c4cn(C)cn4)C[C@H]2CN(Cc2ccccc2)C3)n1. The molecule has 31 heavy (non-hydrogen) atoms. The number of nitrogens with zero attached hydrogens (tertiary/aromatic N) is 5. The Kier molecular flexibility index (Phi) is 4.95. The van der Waals surface area contributed by atoms with Crippen LogP contribution < -0.4 is 4.72 Å². The van der Waals surface area contributed by atoms with E-state index in [9.17, 15) is 8.42 Å². The van der Waals surface area contributed by atoms with Gasteiger partial charge >= 0.3 is 0 Å². The quantitative estimate of drug-likeness (QED) is 0.618. The van der Waals surface area contributed by atoms with Gasteiger partial charge in [0.2, 0.25) is 5.89 Å². The summed E-state index contributed by atoms with van der Waals surface area (Å²) in [5.74, 6) is 1.44. The van der Waals surface area contributed by atoms with Crippen molar-refractivity contribution in [1.29, 1.82) is 0 Å². The number of benzene rings is 1. The molecule has 2 aromatic heterocycles. The molecule has 1 saturated carbocycles. The standard InChI is InChI=1S/C21H26N6O3S/c1-15-23-20(30-24-15)21-9-18(25-31(28,29)19-12-26(2)14-22-19)8-17(21)11-27(13-21)10-16-6-4-3-5-7-16/h3-7,12,14,17-18,25H,8-11,13H2,1-2H3/t17-,18+,21-/m0/s1. The van der Waals surface area contributed by atoms with E-state index in [0.29, 0.717) is 18.1 Å². The van der Waals surface area contributed by atoms with Gasteiger partial charge in [-0.25, -0.2) is 18.1 Å². The van der Waals surface area contributed by atoms with Crippen molar-refractivity contribution in [3.63, 3.8) is 0 Å². The van der Waals surface area contributed by atoms with E-state index >= 15 is 0 Å². The highest BCUT2D eigenvalue weighted by Crippen LogP contribution is 2.50. The number of sulfonamides is 1. The second-order valence-electron chi connectivity index (χ2n) is 8.79. The first-order chi connectivity index (χ1) is 14.8. The molecule has 0 amide bonds. The van der Waals surface area contributed by atoms with Gasteiger partial charge in [-0.1, -0.05) is 35.5 Å². The van der Waals surface area contributed by atoms with Crippen molar-refractivity contribution in [2.24, 2.45) is 13.0 Å². The minimum Gasteiger partial charge on any atom is -0.339 e. The number of likely N-dealkylation sites (tertiary alicyclic amines) is 1. The maximum Gasteiger partial charge on any atom is 0.259 e. The molecular weight excluding hydrogens is 416 g/mol. The van der Waals surface area contributed by atoms with Crippen LogP contribution in [0.3, 0.4) is 0 Å². The van der Waals surface area contributed by atoms with E-state index < -0.39 is 10.0 Å². The van der Waals surface area contributed by atoms with Crippen LogP contribution >= 0.6 is 0 Å². The van der Waals surface area contributed by atoms with Crippen molar-refractivity contribution in [1.82, 2.24) is 29.3 Å². The summed E-state index contributed by atoms with van der Waals surface area (Å²) >= 11 is 0. The highest BCUT2D eigenvalue weighted by Gasteiger charge is 2.57. The van der Waals surface area contributed by atoms with Gasteiger partial charge in [0.1, 0.15) is 0 Å². The van der Waals surface area contributed by atoms with Crippen LogP contribution in [0.1, 0.15) is 30.1 Å². The fourth-order valence-corrected chi connectivity index (χ4v) is 6.40. The number of hydrogen-bond acceptors (Lipinski definition) is 7. The van der Waals surface area contributed by atoms with Crippen LogP contribution in [0, 0.1) is 12.8 Å². The van der Waals surface area contributed by atoms with Crippen LogP contribution in [-0.2, 0) is 29.0 Å². The van der Waals surface area contributed by atoms with Crippen LogP contribution in [0.5, 0.6) is 0 Å². The molecule has 1 aliphatic heterocycles. The molecule has 0 unspecified atom stereocenters. The third kappa shape index (κ3) is 3.79. The van der Waals surface area contributed by atoms with E-state index in [0.717, 1.165) is 26.1 Å². The first-order valence-electron chi connectivity index (χ1n) is 10.4. The summed E-state index contributed by atoms with van der Waals surface area (Å²) in [5, 5.41) is 4.06. The summed E-state index contributed by atoms with van der Waals surface area (Å²) in [6.45, 7) is 4.27. The second-order valence-corrected chi connectivity index (χ2v) is 10.5. The monoisotopic (exact) mass is 442 g/mol. The summed E-state index contributed by atoms with van der Waals surface area (Å²) in [4.78, 5) is 11.0. The molecule has 10 heteroatoms. The van der Waals surface area contributed by atoms with Gasteiger partial charge in [-0.05, 0) is 31.2 Å². The topological polar surface area (TPSA) is 106 Å². The van der Waals surface area contributed by atoms with Crippen LogP contribution in [0.25, 0.3) is 0 Å². The molecular formula is C21H26N6O3S. The second kappa shape index (κ2) is 7.54. The average Bonchev–Trinajstić information content (AvgIpc) is 3.46. The van der Waals surface area contributed by atoms with Gasteiger partial charge in [0, 0.05) is 38.9 Å².